The van der Waals surface area contributed by atoms with Crippen LogP contribution in [0, 0.1) is 5.92 Å². The second-order valence-corrected chi connectivity index (χ2v) is 7.83. The van der Waals surface area contributed by atoms with Crippen LogP contribution >= 0.6 is 0 Å². The van der Waals surface area contributed by atoms with Crippen molar-refractivity contribution in [3.8, 4) is 0 Å². The van der Waals surface area contributed by atoms with Crippen molar-refractivity contribution in [1.29, 1.82) is 0 Å². The smallest absolute Gasteiger partial charge is 0.243 e. The first-order chi connectivity index (χ1) is 9.43. The zero-order chi connectivity index (χ0) is 14.8. The first kappa shape index (κ1) is 15.3. The second kappa shape index (κ2) is 6.14. The number of hydrogen-bond acceptors (Lipinski definition) is 3. The van der Waals surface area contributed by atoms with E-state index in [0.29, 0.717) is 17.4 Å². The van der Waals surface area contributed by atoms with E-state index < -0.39 is 10.0 Å². The molecule has 0 bridgehead atoms. The lowest BCUT2D eigenvalue weighted by molar-refractivity contribution is 0.427. The van der Waals surface area contributed by atoms with Crippen LogP contribution in [-0.2, 0) is 16.4 Å². The zero-order valence-electron chi connectivity index (χ0n) is 12.5. The van der Waals surface area contributed by atoms with Crippen LogP contribution in [0.1, 0.15) is 32.3 Å². The maximum atomic E-state index is 12.7. The van der Waals surface area contributed by atoms with E-state index >= 15 is 0 Å². The standard InChI is InChI=1S/C15H24N2O2S/c1-12(2)9-11-17(3)20(18,19)15-8-4-7-14-13(15)6-5-10-16-14/h4,7-8,12,16H,5-6,9-11H2,1-3H3. The zero-order valence-corrected chi connectivity index (χ0v) is 13.3. The average Bonchev–Trinajstić information content (AvgIpc) is 2.43. The quantitative estimate of drug-likeness (QED) is 0.909. The summed E-state index contributed by atoms with van der Waals surface area (Å²) in [6, 6.07) is 5.51. The summed E-state index contributed by atoms with van der Waals surface area (Å²) in [4.78, 5) is 0.466. The maximum Gasteiger partial charge on any atom is 0.243 e. The molecule has 20 heavy (non-hydrogen) atoms. The summed E-state index contributed by atoms with van der Waals surface area (Å²) in [7, 11) is -1.71. The van der Waals surface area contributed by atoms with Crippen LogP contribution in [0.3, 0.4) is 0 Å². The molecule has 1 N–H and O–H groups in total. The van der Waals surface area contributed by atoms with Gasteiger partial charge in [-0.15, -0.1) is 0 Å². The molecule has 0 radical (unpaired) electrons. The Morgan fingerprint density at radius 1 is 1.35 bits per heavy atom. The molecule has 5 heteroatoms. The van der Waals surface area contributed by atoms with Gasteiger partial charge in [0.2, 0.25) is 10.0 Å². The predicted octanol–water partition coefficient (Wildman–Crippen LogP) is 2.71. The Kier molecular flexibility index (Phi) is 4.70. The largest absolute Gasteiger partial charge is 0.385 e. The summed E-state index contributed by atoms with van der Waals surface area (Å²) in [6.45, 7) is 5.69. The molecule has 0 aromatic heterocycles. The minimum absolute atomic E-state index is 0.466. The molecular formula is C15H24N2O2S. The summed E-state index contributed by atoms with van der Waals surface area (Å²) in [5, 5.41) is 3.28. The first-order valence-electron chi connectivity index (χ1n) is 7.25. The van der Waals surface area contributed by atoms with Gasteiger partial charge in [0.1, 0.15) is 0 Å². The Balaban J connectivity index is 2.30. The van der Waals surface area contributed by atoms with Gasteiger partial charge in [0, 0.05) is 25.8 Å². The molecule has 0 spiro atoms. The number of nitrogens with zero attached hydrogens (tertiary/aromatic N) is 1. The summed E-state index contributed by atoms with van der Waals surface area (Å²) < 4.78 is 26.9. The molecule has 0 atom stereocenters. The van der Waals surface area contributed by atoms with Crippen LogP contribution in [0.2, 0.25) is 0 Å². The SMILES string of the molecule is CC(C)CCN(C)S(=O)(=O)c1cccc2c1CCCN2. The van der Waals surface area contributed by atoms with E-state index in [1.165, 1.54) is 4.31 Å². The highest BCUT2D eigenvalue weighted by molar-refractivity contribution is 7.89. The lowest BCUT2D eigenvalue weighted by atomic mass is 10.0. The average molecular weight is 296 g/mol. The summed E-state index contributed by atoms with van der Waals surface area (Å²) >= 11 is 0. The minimum Gasteiger partial charge on any atom is -0.385 e. The Morgan fingerprint density at radius 3 is 2.80 bits per heavy atom. The Hall–Kier alpha value is -1.07. The number of nitrogens with one attached hydrogen (secondary N) is 1. The van der Waals surface area contributed by atoms with Gasteiger partial charge in [-0.25, -0.2) is 12.7 Å². The van der Waals surface area contributed by atoms with E-state index in [1.54, 1.807) is 13.1 Å². The highest BCUT2D eigenvalue weighted by atomic mass is 32.2. The van der Waals surface area contributed by atoms with Gasteiger partial charge in [-0.3, -0.25) is 0 Å². The molecule has 0 saturated carbocycles. The lowest BCUT2D eigenvalue weighted by Crippen LogP contribution is -2.30. The summed E-state index contributed by atoms with van der Waals surface area (Å²) in [5.41, 5.74) is 1.91. The molecular weight excluding hydrogens is 272 g/mol. The van der Waals surface area contributed by atoms with E-state index in [2.05, 4.69) is 19.2 Å². The van der Waals surface area contributed by atoms with Gasteiger partial charge < -0.3 is 5.32 Å². The fourth-order valence-electron chi connectivity index (χ4n) is 2.45. The molecule has 2 rings (SSSR count). The van der Waals surface area contributed by atoms with E-state index in [1.807, 2.05) is 12.1 Å². The predicted molar refractivity (Wildman–Crippen MR) is 82.5 cm³/mol. The van der Waals surface area contributed by atoms with Crippen LogP contribution in [0.15, 0.2) is 23.1 Å². The van der Waals surface area contributed by atoms with E-state index in [9.17, 15) is 8.42 Å². The topological polar surface area (TPSA) is 49.4 Å². The minimum atomic E-state index is -3.38. The number of hydrogen-bond donors (Lipinski definition) is 1. The van der Waals surface area contributed by atoms with Crippen molar-refractivity contribution in [3.63, 3.8) is 0 Å². The molecule has 0 amide bonds. The maximum absolute atomic E-state index is 12.7. The van der Waals surface area contributed by atoms with Gasteiger partial charge in [0.05, 0.1) is 4.90 Å². The molecule has 4 nitrogen and oxygen atoms in total. The van der Waals surface area contributed by atoms with Crippen molar-refractivity contribution in [2.75, 3.05) is 25.5 Å². The van der Waals surface area contributed by atoms with Gasteiger partial charge >= 0.3 is 0 Å². The van der Waals surface area contributed by atoms with Gasteiger partial charge in [-0.2, -0.15) is 0 Å². The van der Waals surface area contributed by atoms with Crippen molar-refractivity contribution < 1.29 is 8.42 Å². The summed E-state index contributed by atoms with van der Waals surface area (Å²) in [6.07, 6.45) is 2.69. The highest BCUT2D eigenvalue weighted by Crippen LogP contribution is 2.30. The van der Waals surface area contributed by atoms with Crippen molar-refractivity contribution in [2.45, 2.75) is 38.0 Å². The summed E-state index contributed by atoms with van der Waals surface area (Å²) in [5.74, 6) is 0.499. The molecule has 112 valence electrons. The van der Waals surface area contributed by atoms with Crippen molar-refractivity contribution in [3.05, 3.63) is 23.8 Å². The van der Waals surface area contributed by atoms with Gasteiger partial charge in [0.25, 0.3) is 0 Å². The third-order valence-electron chi connectivity index (χ3n) is 3.76. The highest BCUT2D eigenvalue weighted by Gasteiger charge is 2.26. The Bertz CT molecular complexity index is 567. The van der Waals surface area contributed by atoms with Crippen molar-refractivity contribution >= 4 is 15.7 Å². The van der Waals surface area contributed by atoms with Crippen molar-refractivity contribution in [1.82, 2.24) is 4.31 Å². The second-order valence-electron chi connectivity index (χ2n) is 5.82. The van der Waals surface area contributed by atoms with Crippen molar-refractivity contribution in [2.24, 2.45) is 5.92 Å². The molecule has 0 unspecified atom stereocenters. The van der Waals surface area contributed by atoms with Gasteiger partial charge in [0.15, 0.2) is 0 Å². The third kappa shape index (κ3) is 3.15. The fraction of sp³-hybridized carbons (Fsp3) is 0.600. The monoisotopic (exact) mass is 296 g/mol. The third-order valence-corrected chi connectivity index (χ3v) is 5.70. The molecule has 1 heterocycles. The fourth-order valence-corrected chi connectivity index (χ4v) is 3.90. The lowest BCUT2D eigenvalue weighted by Gasteiger charge is -2.24. The Labute approximate surface area is 122 Å². The number of benzene rings is 1. The van der Waals surface area contributed by atoms with E-state index in [-0.39, 0.29) is 0 Å². The molecule has 0 saturated heterocycles. The molecule has 0 fully saturated rings. The van der Waals surface area contributed by atoms with Crippen LogP contribution in [0.5, 0.6) is 0 Å². The molecule has 0 aliphatic carbocycles. The van der Waals surface area contributed by atoms with Gasteiger partial charge in [-0.05, 0) is 42.9 Å². The number of fused-ring (bicyclic) bond motifs is 1. The number of anilines is 1. The van der Waals surface area contributed by atoms with Gasteiger partial charge in [-0.1, -0.05) is 19.9 Å². The van der Waals surface area contributed by atoms with Crippen LogP contribution in [-0.4, -0.2) is 32.9 Å². The Morgan fingerprint density at radius 2 is 2.10 bits per heavy atom. The van der Waals surface area contributed by atoms with Crippen LogP contribution < -0.4 is 5.32 Å². The number of sulfonamides is 1. The molecule has 1 aliphatic rings. The van der Waals surface area contributed by atoms with E-state index in [4.69, 9.17) is 0 Å². The van der Waals surface area contributed by atoms with Crippen LogP contribution in [0.4, 0.5) is 5.69 Å². The number of rotatable bonds is 5. The molecule has 1 aliphatic heterocycles. The first-order valence-corrected chi connectivity index (χ1v) is 8.69. The normalized spacial score (nSPS) is 15.2. The molecule has 1 aromatic carbocycles. The van der Waals surface area contributed by atoms with E-state index in [0.717, 1.165) is 37.1 Å². The van der Waals surface area contributed by atoms with Crippen LogP contribution in [0.25, 0.3) is 0 Å². The molecule has 1 aromatic rings.